The molecule has 1 fully saturated rings. The van der Waals surface area contributed by atoms with Crippen LogP contribution in [0.1, 0.15) is 55.6 Å². The Bertz CT molecular complexity index is 398. The van der Waals surface area contributed by atoms with Crippen LogP contribution in [0.25, 0.3) is 0 Å². The van der Waals surface area contributed by atoms with Gasteiger partial charge in [0.05, 0.1) is 18.8 Å². The third kappa shape index (κ3) is 5.26. The van der Waals surface area contributed by atoms with E-state index in [1.807, 2.05) is 0 Å². The van der Waals surface area contributed by atoms with Gasteiger partial charge in [-0.25, -0.2) is 0 Å². The van der Waals surface area contributed by atoms with Crippen molar-refractivity contribution in [3.8, 4) is 0 Å². The number of nitrogens with two attached hydrogens (primary N) is 1. The zero-order chi connectivity index (χ0) is 14.4. The molecule has 0 heterocycles. The van der Waals surface area contributed by atoms with E-state index >= 15 is 0 Å². The molecule has 0 spiro atoms. The van der Waals surface area contributed by atoms with Crippen molar-refractivity contribution in [2.24, 2.45) is 5.73 Å². The molecule has 1 aliphatic carbocycles. The Morgan fingerprint density at radius 1 is 1.00 bits per heavy atom. The maximum absolute atomic E-state index is 9.19. The number of hydrogen-bond donors (Lipinski definition) is 3. The Hall–Kier alpha value is -0.610. The minimum atomic E-state index is -0.859. The topological polar surface area (TPSA) is 66.5 Å². The summed E-state index contributed by atoms with van der Waals surface area (Å²) in [4.78, 5) is 0. The molecule has 0 unspecified atom stereocenters. The van der Waals surface area contributed by atoms with Crippen LogP contribution in [0.4, 0.5) is 0 Å². The summed E-state index contributed by atoms with van der Waals surface area (Å²) < 4.78 is 0. The van der Waals surface area contributed by atoms with E-state index in [1.54, 1.807) is 0 Å². The summed E-state index contributed by atoms with van der Waals surface area (Å²) >= 11 is 0. The molecule has 3 nitrogen and oxygen atoms in total. The van der Waals surface area contributed by atoms with Gasteiger partial charge in [0.25, 0.3) is 0 Å². The predicted molar refractivity (Wildman–Crippen MR) is 88.9 cm³/mol. The van der Waals surface area contributed by atoms with Crippen molar-refractivity contribution in [1.82, 2.24) is 0 Å². The highest BCUT2D eigenvalue weighted by molar-refractivity contribution is 5.85. The summed E-state index contributed by atoms with van der Waals surface area (Å²) in [6.45, 7) is -0.354. The maximum atomic E-state index is 9.19. The van der Waals surface area contributed by atoms with Crippen molar-refractivity contribution in [3.63, 3.8) is 0 Å². The highest BCUT2D eigenvalue weighted by Gasteiger charge is 2.22. The molecule has 4 N–H and O–H groups in total. The van der Waals surface area contributed by atoms with Crippen LogP contribution in [0.2, 0.25) is 0 Å². The van der Waals surface area contributed by atoms with Gasteiger partial charge in [0.15, 0.2) is 0 Å². The molecule has 0 amide bonds. The molecule has 0 aliphatic heterocycles. The quantitative estimate of drug-likeness (QED) is 0.756. The SMILES string of the molecule is Cl.NC(CO)(CO)CCc1ccc(C2CCCCC2)cc1. The molecule has 2 rings (SSSR count). The smallest absolute Gasteiger partial charge is 0.0633 e. The van der Waals surface area contributed by atoms with Gasteiger partial charge in [-0.1, -0.05) is 43.5 Å². The lowest BCUT2D eigenvalue weighted by atomic mass is 9.83. The number of benzene rings is 1. The van der Waals surface area contributed by atoms with E-state index < -0.39 is 5.54 Å². The minimum absolute atomic E-state index is 0. The summed E-state index contributed by atoms with van der Waals surface area (Å²) in [5, 5.41) is 18.4. The first-order valence-corrected chi connectivity index (χ1v) is 7.76. The van der Waals surface area contributed by atoms with Gasteiger partial charge in [-0.15, -0.1) is 12.4 Å². The van der Waals surface area contributed by atoms with E-state index in [2.05, 4.69) is 24.3 Å². The average Bonchev–Trinajstić information content (AvgIpc) is 2.54. The highest BCUT2D eigenvalue weighted by Crippen LogP contribution is 2.32. The molecular formula is C17H28ClNO2. The fourth-order valence-electron chi connectivity index (χ4n) is 2.99. The van der Waals surface area contributed by atoms with Gasteiger partial charge >= 0.3 is 0 Å². The number of hydrogen-bond acceptors (Lipinski definition) is 3. The standard InChI is InChI=1S/C17H27NO2.ClH/c18-17(12-19,13-20)11-10-14-6-8-16(9-7-14)15-4-2-1-3-5-15;/h6-9,15,19-20H,1-5,10-13,18H2;1H. The van der Waals surface area contributed by atoms with Gasteiger partial charge < -0.3 is 15.9 Å². The maximum Gasteiger partial charge on any atom is 0.0633 e. The molecule has 0 radical (unpaired) electrons. The molecule has 0 atom stereocenters. The Balaban J connectivity index is 0.00000220. The van der Waals surface area contributed by atoms with Crippen molar-refractivity contribution < 1.29 is 10.2 Å². The zero-order valence-electron chi connectivity index (χ0n) is 12.6. The van der Waals surface area contributed by atoms with Gasteiger partial charge in [0.1, 0.15) is 0 Å². The van der Waals surface area contributed by atoms with Crippen LogP contribution in [0.3, 0.4) is 0 Å². The van der Waals surface area contributed by atoms with E-state index in [0.717, 1.165) is 12.3 Å². The molecule has 0 bridgehead atoms. The van der Waals surface area contributed by atoms with Gasteiger partial charge in [0.2, 0.25) is 0 Å². The van der Waals surface area contributed by atoms with Crippen molar-refractivity contribution in [2.45, 2.75) is 56.4 Å². The first-order valence-electron chi connectivity index (χ1n) is 7.76. The number of aryl methyl sites for hydroxylation is 1. The molecule has 1 aliphatic rings. The second-order valence-corrected chi connectivity index (χ2v) is 6.26. The number of halogens is 1. The van der Waals surface area contributed by atoms with Gasteiger partial charge in [-0.3, -0.25) is 0 Å². The van der Waals surface area contributed by atoms with Crippen molar-refractivity contribution in [2.75, 3.05) is 13.2 Å². The first kappa shape index (κ1) is 18.4. The van der Waals surface area contributed by atoms with Crippen molar-refractivity contribution >= 4 is 12.4 Å². The lowest BCUT2D eigenvalue weighted by Gasteiger charge is -2.25. The zero-order valence-corrected chi connectivity index (χ0v) is 13.4. The number of aliphatic hydroxyl groups excluding tert-OH is 2. The Kier molecular flexibility index (Phi) is 7.67. The normalized spacial score (nSPS) is 16.5. The average molecular weight is 314 g/mol. The second-order valence-electron chi connectivity index (χ2n) is 6.26. The summed E-state index contributed by atoms with van der Waals surface area (Å²) in [5.74, 6) is 0.737. The number of rotatable bonds is 6. The van der Waals surface area contributed by atoms with Crippen LogP contribution in [0.5, 0.6) is 0 Å². The largest absolute Gasteiger partial charge is 0.394 e. The Morgan fingerprint density at radius 3 is 2.10 bits per heavy atom. The van der Waals surface area contributed by atoms with E-state index in [1.165, 1.54) is 43.2 Å². The summed E-state index contributed by atoms with van der Waals surface area (Å²) in [6, 6.07) is 8.81. The summed E-state index contributed by atoms with van der Waals surface area (Å²) in [6.07, 6.45) is 8.13. The lowest BCUT2D eigenvalue weighted by molar-refractivity contribution is 0.115. The molecule has 1 aromatic rings. The second kappa shape index (κ2) is 8.74. The van der Waals surface area contributed by atoms with Crippen LogP contribution in [0.15, 0.2) is 24.3 Å². The highest BCUT2D eigenvalue weighted by atomic mass is 35.5. The molecule has 1 aromatic carbocycles. The summed E-state index contributed by atoms with van der Waals surface area (Å²) in [7, 11) is 0. The van der Waals surface area contributed by atoms with Crippen LogP contribution in [-0.2, 0) is 6.42 Å². The molecule has 0 saturated heterocycles. The van der Waals surface area contributed by atoms with E-state index in [4.69, 9.17) is 5.73 Å². The van der Waals surface area contributed by atoms with Crippen LogP contribution in [-0.4, -0.2) is 29.0 Å². The fraction of sp³-hybridized carbons (Fsp3) is 0.647. The molecular weight excluding hydrogens is 286 g/mol. The monoisotopic (exact) mass is 313 g/mol. The molecule has 4 heteroatoms. The Morgan fingerprint density at radius 2 is 1.57 bits per heavy atom. The van der Waals surface area contributed by atoms with Gasteiger partial charge in [0, 0.05) is 0 Å². The molecule has 120 valence electrons. The van der Waals surface area contributed by atoms with Crippen molar-refractivity contribution in [3.05, 3.63) is 35.4 Å². The van der Waals surface area contributed by atoms with E-state index in [-0.39, 0.29) is 25.6 Å². The van der Waals surface area contributed by atoms with Crippen LogP contribution >= 0.6 is 12.4 Å². The molecule has 21 heavy (non-hydrogen) atoms. The third-order valence-electron chi connectivity index (χ3n) is 4.60. The Labute approximate surface area is 134 Å². The predicted octanol–water partition coefficient (Wildman–Crippen LogP) is 2.77. The molecule has 0 aromatic heterocycles. The van der Waals surface area contributed by atoms with E-state index in [0.29, 0.717) is 6.42 Å². The lowest BCUT2D eigenvalue weighted by Crippen LogP contribution is -2.47. The summed E-state index contributed by atoms with van der Waals surface area (Å²) in [5.41, 5.74) is 7.71. The fourth-order valence-corrected chi connectivity index (χ4v) is 2.99. The third-order valence-corrected chi connectivity index (χ3v) is 4.60. The first-order chi connectivity index (χ1) is 9.67. The van der Waals surface area contributed by atoms with Gasteiger partial charge in [-0.2, -0.15) is 0 Å². The number of aliphatic hydroxyl groups is 2. The van der Waals surface area contributed by atoms with Crippen LogP contribution < -0.4 is 5.73 Å². The van der Waals surface area contributed by atoms with Gasteiger partial charge in [-0.05, 0) is 42.7 Å². The minimum Gasteiger partial charge on any atom is -0.394 e. The molecule has 1 saturated carbocycles. The van der Waals surface area contributed by atoms with Crippen molar-refractivity contribution in [1.29, 1.82) is 0 Å². The van der Waals surface area contributed by atoms with E-state index in [9.17, 15) is 10.2 Å². The van der Waals surface area contributed by atoms with Crippen LogP contribution in [0, 0.1) is 0 Å².